The number of aromatic amines is 1. The highest BCUT2D eigenvalue weighted by Crippen LogP contribution is 2.32. The van der Waals surface area contributed by atoms with Crippen molar-refractivity contribution < 1.29 is 22.7 Å². The van der Waals surface area contributed by atoms with Gasteiger partial charge in [0.25, 0.3) is 11.8 Å². The van der Waals surface area contributed by atoms with Gasteiger partial charge in [-0.3, -0.25) is 9.59 Å². The van der Waals surface area contributed by atoms with Crippen LogP contribution in [0.5, 0.6) is 0 Å². The lowest BCUT2D eigenvalue weighted by atomic mass is 9.87. The Hall–Kier alpha value is -2.73. The number of primary amides is 1. The molecule has 1 atom stereocenters. The van der Waals surface area contributed by atoms with Crippen molar-refractivity contribution in [3.05, 3.63) is 58.2 Å². The van der Waals surface area contributed by atoms with Crippen LogP contribution in [-0.2, 0) is 25.0 Å². The van der Waals surface area contributed by atoms with Crippen molar-refractivity contribution in [1.82, 2.24) is 9.29 Å². The minimum atomic E-state index is -4.18. The number of anilines is 1. The summed E-state index contributed by atoms with van der Waals surface area (Å²) in [5.41, 5.74) is 7.43. The summed E-state index contributed by atoms with van der Waals surface area (Å²) < 4.78 is 34.7. The van der Waals surface area contributed by atoms with E-state index in [1.54, 1.807) is 30.3 Å². The third-order valence-electron chi connectivity index (χ3n) is 5.90. The van der Waals surface area contributed by atoms with Crippen molar-refractivity contribution in [1.29, 1.82) is 0 Å². The number of nitrogens with two attached hydrogens (primary N) is 1. The first-order chi connectivity index (χ1) is 16.4. The highest BCUT2D eigenvalue weighted by Gasteiger charge is 2.38. The van der Waals surface area contributed by atoms with Gasteiger partial charge in [-0.25, -0.2) is 8.42 Å². The Morgan fingerprint density at radius 1 is 1.17 bits per heavy atom. The van der Waals surface area contributed by atoms with Crippen LogP contribution in [0, 0.1) is 0 Å². The highest BCUT2D eigenvalue weighted by molar-refractivity contribution is 9.10. The van der Waals surface area contributed by atoms with Gasteiger partial charge < -0.3 is 20.8 Å². The van der Waals surface area contributed by atoms with E-state index in [0.717, 1.165) is 9.87 Å². The fourth-order valence-corrected chi connectivity index (χ4v) is 6.11. The zero-order chi connectivity index (χ0) is 25.5. The van der Waals surface area contributed by atoms with Crippen LogP contribution in [0.4, 0.5) is 5.69 Å². The molecule has 1 aromatic heterocycles. The first-order valence-corrected chi connectivity index (χ1v) is 13.3. The lowest BCUT2D eigenvalue weighted by Gasteiger charge is -2.31. The third kappa shape index (κ3) is 5.13. The summed E-state index contributed by atoms with van der Waals surface area (Å²) in [6, 6.07) is 12.5. The van der Waals surface area contributed by atoms with Crippen LogP contribution >= 0.6 is 15.9 Å². The van der Waals surface area contributed by atoms with Gasteiger partial charge >= 0.3 is 0 Å². The number of H-pyrrole nitrogens is 1. The molecule has 4 N–H and O–H groups in total. The van der Waals surface area contributed by atoms with Crippen LogP contribution in [0.25, 0.3) is 10.9 Å². The van der Waals surface area contributed by atoms with Gasteiger partial charge in [0.05, 0.1) is 6.61 Å². The van der Waals surface area contributed by atoms with Crippen LogP contribution in [0.3, 0.4) is 0 Å². The van der Waals surface area contributed by atoms with Gasteiger partial charge in [0.2, 0.25) is 10.0 Å². The van der Waals surface area contributed by atoms with E-state index < -0.39 is 27.9 Å². The van der Waals surface area contributed by atoms with Crippen LogP contribution in [0.1, 0.15) is 36.8 Å². The van der Waals surface area contributed by atoms with E-state index in [1.807, 2.05) is 12.1 Å². The molecular weight excluding hydrogens is 536 g/mol. The smallest absolute Gasteiger partial charge is 0.266 e. The minimum absolute atomic E-state index is 0.0222. The quantitative estimate of drug-likeness (QED) is 0.438. The van der Waals surface area contributed by atoms with E-state index in [9.17, 15) is 18.0 Å². The molecule has 1 saturated heterocycles. The molecule has 0 bridgehead atoms. The van der Waals surface area contributed by atoms with Gasteiger partial charge in [-0.15, -0.1) is 0 Å². The Balaban J connectivity index is 1.58. The second-order valence-corrected chi connectivity index (χ2v) is 12.2. The molecule has 0 spiro atoms. The Labute approximate surface area is 212 Å². The molecule has 0 radical (unpaired) electrons. The van der Waals surface area contributed by atoms with Crippen molar-refractivity contribution in [2.24, 2.45) is 5.73 Å². The van der Waals surface area contributed by atoms with Crippen LogP contribution in [-0.4, -0.2) is 55.3 Å². The number of amides is 2. The first kappa shape index (κ1) is 25.4. The standard InChI is InChI=1S/C24H27BrN4O5S/c1-24(2,3)14-4-7-16(8-5-14)27-23(31)19-13-29(10-11-34-19)35(32,33)21-17-12-15(25)6-9-18(17)28-20(21)22(26)30/h4-9,12,19,28H,10-11,13H2,1-3H3,(H2,26,30)(H,27,31). The summed E-state index contributed by atoms with van der Waals surface area (Å²) in [4.78, 5) is 27.6. The van der Waals surface area contributed by atoms with Gasteiger partial charge in [-0.1, -0.05) is 48.8 Å². The maximum Gasteiger partial charge on any atom is 0.266 e. The minimum Gasteiger partial charge on any atom is -0.366 e. The molecular formula is C24H27BrN4O5S. The first-order valence-electron chi connectivity index (χ1n) is 11.0. The molecule has 2 heterocycles. The Bertz CT molecular complexity index is 1390. The lowest BCUT2D eigenvalue weighted by molar-refractivity contribution is -0.130. The predicted molar refractivity (Wildman–Crippen MR) is 137 cm³/mol. The number of carbonyl (C=O) groups excluding carboxylic acids is 2. The SMILES string of the molecule is CC(C)(C)c1ccc(NC(=O)C2CN(S(=O)(=O)c3c(C(N)=O)[nH]c4ccc(Br)cc34)CCO2)cc1. The summed E-state index contributed by atoms with van der Waals surface area (Å²) >= 11 is 3.34. The summed E-state index contributed by atoms with van der Waals surface area (Å²) in [5.74, 6) is -1.35. The molecule has 1 aliphatic heterocycles. The summed E-state index contributed by atoms with van der Waals surface area (Å²) in [7, 11) is -4.18. The number of halogens is 1. The number of ether oxygens (including phenoxy) is 1. The van der Waals surface area contributed by atoms with Crippen LogP contribution in [0.2, 0.25) is 0 Å². The second kappa shape index (κ2) is 9.38. The Kier molecular flexibility index (Phi) is 6.80. The van der Waals surface area contributed by atoms with Gasteiger partial charge in [-0.2, -0.15) is 4.31 Å². The number of hydrogen-bond acceptors (Lipinski definition) is 5. The van der Waals surface area contributed by atoms with E-state index in [2.05, 4.69) is 47.0 Å². The number of rotatable bonds is 5. The molecule has 0 aliphatic carbocycles. The van der Waals surface area contributed by atoms with Crippen molar-refractivity contribution >= 4 is 54.4 Å². The fraction of sp³-hybridized carbons (Fsp3) is 0.333. The predicted octanol–water partition coefficient (Wildman–Crippen LogP) is 3.36. The van der Waals surface area contributed by atoms with E-state index in [-0.39, 0.29) is 35.7 Å². The van der Waals surface area contributed by atoms with Gasteiger partial charge in [0.1, 0.15) is 16.7 Å². The molecule has 1 aliphatic rings. The molecule has 186 valence electrons. The summed E-state index contributed by atoms with van der Waals surface area (Å²) in [6.07, 6.45) is -1.02. The number of carbonyl (C=O) groups is 2. The Morgan fingerprint density at radius 3 is 2.49 bits per heavy atom. The molecule has 2 aromatic carbocycles. The fourth-order valence-electron chi connectivity index (χ4n) is 3.99. The van der Waals surface area contributed by atoms with Crippen molar-refractivity contribution in [2.75, 3.05) is 25.0 Å². The van der Waals surface area contributed by atoms with E-state index in [4.69, 9.17) is 10.5 Å². The summed E-state index contributed by atoms with van der Waals surface area (Å²) in [6.45, 7) is 6.15. The highest BCUT2D eigenvalue weighted by atomic mass is 79.9. The van der Waals surface area contributed by atoms with Gasteiger partial charge in [0, 0.05) is 34.2 Å². The number of hydrogen-bond donors (Lipinski definition) is 3. The maximum absolute atomic E-state index is 13.7. The van der Waals surface area contributed by atoms with Crippen molar-refractivity contribution in [3.63, 3.8) is 0 Å². The lowest BCUT2D eigenvalue weighted by Crippen LogP contribution is -2.50. The normalized spacial score (nSPS) is 17.4. The molecule has 11 heteroatoms. The number of nitrogens with one attached hydrogen (secondary N) is 2. The van der Waals surface area contributed by atoms with Crippen molar-refractivity contribution in [2.45, 2.75) is 37.2 Å². The average molecular weight is 563 g/mol. The number of nitrogens with zero attached hydrogens (tertiary/aromatic N) is 1. The molecule has 9 nitrogen and oxygen atoms in total. The molecule has 1 unspecified atom stereocenters. The van der Waals surface area contributed by atoms with Gasteiger partial charge in [-0.05, 0) is 41.3 Å². The number of fused-ring (bicyclic) bond motifs is 1. The molecule has 2 amide bonds. The number of benzene rings is 2. The number of aromatic nitrogens is 1. The number of morpholine rings is 1. The van der Waals surface area contributed by atoms with Crippen LogP contribution in [0.15, 0.2) is 51.8 Å². The molecule has 35 heavy (non-hydrogen) atoms. The maximum atomic E-state index is 13.7. The third-order valence-corrected chi connectivity index (χ3v) is 8.34. The average Bonchev–Trinajstić information content (AvgIpc) is 3.19. The molecule has 1 fully saturated rings. The van der Waals surface area contributed by atoms with Gasteiger partial charge in [0.15, 0.2) is 0 Å². The summed E-state index contributed by atoms with van der Waals surface area (Å²) in [5, 5.41) is 3.12. The topological polar surface area (TPSA) is 135 Å². The van der Waals surface area contributed by atoms with Crippen LogP contribution < -0.4 is 11.1 Å². The monoisotopic (exact) mass is 562 g/mol. The molecule has 3 aromatic rings. The largest absolute Gasteiger partial charge is 0.366 e. The zero-order valence-corrected chi connectivity index (χ0v) is 22.0. The van der Waals surface area contributed by atoms with E-state index in [0.29, 0.717) is 21.1 Å². The number of sulfonamides is 1. The molecule has 0 saturated carbocycles. The van der Waals surface area contributed by atoms with E-state index >= 15 is 0 Å². The zero-order valence-electron chi connectivity index (χ0n) is 19.6. The Morgan fingerprint density at radius 2 is 1.86 bits per heavy atom. The second-order valence-electron chi connectivity index (χ2n) is 9.42. The van der Waals surface area contributed by atoms with Crippen molar-refractivity contribution in [3.8, 4) is 0 Å². The van der Waals surface area contributed by atoms with E-state index in [1.165, 1.54) is 0 Å². The molecule has 4 rings (SSSR count).